The highest BCUT2D eigenvalue weighted by molar-refractivity contribution is 7.58. The molecule has 2 rings (SSSR count). The van der Waals surface area contributed by atoms with E-state index in [4.69, 9.17) is 0 Å². The van der Waals surface area contributed by atoms with E-state index in [2.05, 4.69) is 0 Å². The van der Waals surface area contributed by atoms with E-state index in [1.54, 1.807) is 50.8 Å². The van der Waals surface area contributed by atoms with Crippen LogP contribution in [0.25, 0.3) is 0 Å². The lowest BCUT2D eigenvalue weighted by molar-refractivity contribution is 0.511. The van der Waals surface area contributed by atoms with E-state index >= 15 is 0 Å². The predicted molar refractivity (Wildman–Crippen MR) is 52.8 cm³/mol. The molecule has 1 heteroatoms. The van der Waals surface area contributed by atoms with Gasteiger partial charge in [0.15, 0.2) is 0 Å². The van der Waals surface area contributed by atoms with Gasteiger partial charge in [-0.1, -0.05) is 19.3 Å². The molecule has 0 aromatic heterocycles. The third-order valence-corrected chi connectivity index (χ3v) is 6.56. The van der Waals surface area contributed by atoms with E-state index in [9.17, 15) is 0 Å². The van der Waals surface area contributed by atoms with E-state index in [0.29, 0.717) is 7.92 Å². The number of hydrogen-bond donors (Lipinski definition) is 0. The molecule has 1 saturated heterocycles. The Labute approximate surface area is 71.5 Å². The molecule has 11 heavy (non-hydrogen) atoms. The van der Waals surface area contributed by atoms with Gasteiger partial charge in [0.2, 0.25) is 0 Å². The van der Waals surface area contributed by atoms with Crippen LogP contribution >= 0.6 is 7.92 Å². The van der Waals surface area contributed by atoms with Crippen molar-refractivity contribution in [3.63, 3.8) is 0 Å². The third-order valence-electron chi connectivity index (χ3n) is 3.23. The lowest BCUT2D eigenvalue weighted by atomic mass is 10.0. The second-order valence-corrected chi connectivity index (χ2v) is 6.84. The average molecular weight is 170 g/mol. The highest BCUT2D eigenvalue weighted by Crippen LogP contribution is 2.52. The first kappa shape index (κ1) is 8.05. The summed E-state index contributed by atoms with van der Waals surface area (Å²) < 4.78 is 0. The minimum atomic E-state index is 0.537. The molecule has 0 amide bonds. The van der Waals surface area contributed by atoms with Crippen LogP contribution in [-0.2, 0) is 0 Å². The predicted octanol–water partition coefficient (Wildman–Crippen LogP) is 3.59. The summed E-state index contributed by atoms with van der Waals surface area (Å²) in [7, 11) is 0.537. The maximum absolute atomic E-state index is 1.62. The van der Waals surface area contributed by atoms with E-state index in [1.165, 1.54) is 12.1 Å². The quantitative estimate of drug-likeness (QED) is 0.527. The zero-order valence-corrected chi connectivity index (χ0v) is 8.28. The molecule has 0 bridgehead atoms. The van der Waals surface area contributed by atoms with E-state index in [1.807, 2.05) is 0 Å². The standard InChI is InChI=1S/C10H19P/c1-2-6-10(7-3-1)11-8-4-5-9-11/h10H,1-9H2. The molecule has 64 valence electrons. The van der Waals surface area contributed by atoms with Gasteiger partial charge in [-0.15, -0.1) is 7.92 Å². The molecule has 0 spiro atoms. The minimum Gasteiger partial charge on any atom is -0.104 e. The van der Waals surface area contributed by atoms with Crippen LogP contribution in [0.5, 0.6) is 0 Å². The van der Waals surface area contributed by atoms with Crippen LogP contribution in [0.3, 0.4) is 0 Å². The Morgan fingerprint density at radius 3 is 2.00 bits per heavy atom. The van der Waals surface area contributed by atoms with Gasteiger partial charge in [0.1, 0.15) is 0 Å². The lowest BCUT2D eigenvalue weighted by Crippen LogP contribution is -2.11. The topological polar surface area (TPSA) is 0 Å². The van der Waals surface area contributed by atoms with Gasteiger partial charge in [0, 0.05) is 0 Å². The van der Waals surface area contributed by atoms with Crippen molar-refractivity contribution in [1.82, 2.24) is 0 Å². The first-order valence-electron chi connectivity index (χ1n) is 5.21. The number of hydrogen-bond acceptors (Lipinski definition) is 0. The van der Waals surface area contributed by atoms with Crippen LogP contribution < -0.4 is 0 Å². The molecule has 1 aliphatic heterocycles. The summed E-state index contributed by atoms with van der Waals surface area (Å²) in [5, 5.41) is 0. The van der Waals surface area contributed by atoms with Crippen molar-refractivity contribution in [3.8, 4) is 0 Å². The Hall–Kier alpha value is 0.430. The molecule has 0 unspecified atom stereocenters. The van der Waals surface area contributed by atoms with E-state index in [-0.39, 0.29) is 0 Å². The van der Waals surface area contributed by atoms with Gasteiger partial charge in [0.25, 0.3) is 0 Å². The van der Waals surface area contributed by atoms with Crippen molar-refractivity contribution in [2.45, 2.75) is 50.6 Å². The van der Waals surface area contributed by atoms with Gasteiger partial charge < -0.3 is 0 Å². The molecule has 1 heterocycles. The van der Waals surface area contributed by atoms with Crippen LogP contribution in [0.1, 0.15) is 44.9 Å². The van der Waals surface area contributed by atoms with E-state index < -0.39 is 0 Å². The molecule has 2 fully saturated rings. The van der Waals surface area contributed by atoms with Gasteiger partial charge in [-0.2, -0.15) is 0 Å². The first-order chi connectivity index (χ1) is 5.47. The summed E-state index contributed by atoms with van der Waals surface area (Å²) in [6, 6.07) is 0. The molecular weight excluding hydrogens is 151 g/mol. The molecule has 1 saturated carbocycles. The zero-order chi connectivity index (χ0) is 7.52. The average Bonchev–Trinajstić information content (AvgIpc) is 2.58. The second-order valence-electron chi connectivity index (χ2n) is 4.03. The molecule has 0 radical (unpaired) electrons. The smallest absolute Gasteiger partial charge is 0.0209 e. The molecular formula is C10H19P. The summed E-state index contributed by atoms with van der Waals surface area (Å²) in [6.45, 7) is 0. The van der Waals surface area contributed by atoms with Gasteiger partial charge in [0.05, 0.1) is 0 Å². The number of rotatable bonds is 1. The molecule has 0 atom stereocenters. The summed E-state index contributed by atoms with van der Waals surface area (Å²) in [6.07, 6.45) is 14.2. The molecule has 0 N–H and O–H groups in total. The summed E-state index contributed by atoms with van der Waals surface area (Å²) >= 11 is 0. The van der Waals surface area contributed by atoms with Gasteiger partial charge in [-0.25, -0.2) is 0 Å². The molecule has 2 aliphatic rings. The largest absolute Gasteiger partial charge is 0.104 e. The first-order valence-corrected chi connectivity index (χ1v) is 6.99. The van der Waals surface area contributed by atoms with Gasteiger partial charge in [-0.05, 0) is 43.7 Å². The fourth-order valence-corrected chi connectivity index (χ4v) is 5.86. The van der Waals surface area contributed by atoms with Crippen LogP contribution in [0.2, 0.25) is 0 Å². The second kappa shape index (κ2) is 3.90. The fraction of sp³-hybridized carbons (Fsp3) is 1.00. The molecule has 0 nitrogen and oxygen atoms in total. The van der Waals surface area contributed by atoms with Crippen LogP contribution in [0.4, 0.5) is 0 Å². The summed E-state index contributed by atoms with van der Waals surface area (Å²) in [5.41, 5.74) is 1.21. The third kappa shape index (κ3) is 1.96. The fourth-order valence-electron chi connectivity index (χ4n) is 2.55. The van der Waals surface area contributed by atoms with Gasteiger partial charge in [-0.3, -0.25) is 0 Å². The SMILES string of the molecule is C1CCC(P2CCCC2)CC1. The summed E-state index contributed by atoms with van der Waals surface area (Å²) in [5.74, 6) is 0. The molecule has 0 aromatic rings. The van der Waals surface area contributed by atoms with Crippen molar-refractivity contribution in [1.29, 1.82) is 0 Å². The van der Waals surface area contributed by atoms with Crippen molar-refractivity contribution in [2.75, 3.05) is 12.3 Å². The summed E-state index contributed by atoms with van der Waals surface area (Å²) in [4.78, 5) is 0. The van der Waals surface area contributed by atoms with Crippen LogP contribution in [0.15, 0.2) is 0 Å². The highest BCUT2D eigenvalue weighted by Gasteiger charge is 2.25. The Morgan fingerprint density at radius 1 is 0.727 bits per heavy atom. The van der Waals surface area contributed by atoms with Crippen molar-refractivity contribution >= 4 is 7.92 Å². The Balaban J connectivity index is 1.82. The highest BCUT2D eigenvalue weighted by atomic mass is 31.1. The van der Waals surface area contributed by atoms with Crippen molar-refractivity contribution in [3.05, 3.63) is 0 Å². The maximum atomic E-state index is 1.62. The lowest BCUT2D eigenvalue weighted by Gasteiger charge is -2.27. The van der Waals surface area contributed by atoms with Crippen LogP contribution in [0, 0.1) is 0 Å². The van der Waals surface area contributed by atoms with Crippen molar-refractivity contribution in [2.24, 2.45) is 0 Å². The Morgan fingerprint density at radius 2 is 1.36 bits per heavy atom. The molecule has 1 aliphatic carbocycles. The minimum absolute atomic E-state index is 0.537. The molecule has 0 aromatic carbocycles. The normalized spacial score (nSPS) is 29.5. The monoisotopic (exact) mass is 170 g/mol. The zero-order valence-electron chi connectivity index (χ0n) is 7.39. The maximum Gasteiger partial charge on any atom is -0.0209 e. The Kier molecular flexibility index (Phi) is 2.85. The van der Waals surface area contributed by atoms with Crippen LogP contribution in [-0.4, -0.2) is 18.0 Å². The Bertz CT molecular complexity index is 110. The van der Waals surface area contributed by atoms with Crippen molar-refractivity contribution < 1.29 is 0 Å². The van der Waals surface area contributed by atoms with Gasteiger partial charge >= 0.3 is 0 Å². The van der Waals surface area contributed by atoms with E-state index in [0.717, 1.165) is 0 Å².